The molecule has 0 aliphatic heterocycles. The van der Waals surface area contributed by atoms with Crippen LogP contribution in [-0.2, 0) is 4.74 Å². The van der Waals surface area contributed by atoms with Gasteiger partial charge in [0.1, 0.15) is 0 Å². The number of pyridine rings is 1. The molecule has 1 aromatic heterocycles. The van der Waals surface area contributed by atoms with E-state index in [0.717, 1.165) is 43.6 Å². The van der Waals surface area contributed by atoms with Crippen LogP contribution in [0.1, 0.15) is 13.3 Å². The Balaban J connectivity index is 1.97. The fourth-order valence-corrected chi connectivity index (χ4v) is 2.72. The number of aromatic nitrogens is 1. The van der Waals surface area contributed by atoms with E-state index in [2.05, 4.69) is 16.8 Å². The Bertz CT molecular complexity index is 651. The molecule has 2 rings (SSSR count). The molecule has 0 unspecified atom stereocenters. The lowest BCUT2D eigenvalue weighted by atomic mass is 10.2. The molecule has 0 aliphatic carbocycles. The Morgan fingerprint density at radius 3 is 2.67 bits per heavy atom. The van der Waals surface area contributed by atoms with E-state index >= 15 is 0 Å². The molecule has 0 aliphatic rings. The first-order valence-electron chi connectivity index (χ1n) is 8.16. The van der Waals surface area contributed by atoms with E-state index in [9.17, 15) is 0 Å². The fraction of sp³-hybridized carbons (Fsp3) is 0.500. The summed E-state index contributed by atoms with van der Waals surface area (Å²) in [6.07, 6.45) is 2.62. The van der Waals surface area contributed by atoms with Gasteiger partial charge in [0.2, 0.25) is 0 Å². The van der Waals surface area contributed by atoms with Crippen LogP contribution in [0.15, 0.2) is 24.4 Å². The summed E-state index contributed by atoms with van der Waals surface area (Å²) in [5.74, 6) is 1.36. The Hall–Kier alpha value is -1.56. The largest absolute Gasteiger partial charge is 0.493 e. The molecule has 132 valence electrons. The number of rotatable bonds is 10. The smallest absolute Gasteiger partial charge is 0.163 e. The molecule has 0 saturated carbocycles. The lowest BCUT2D eigenvalue weighted by Crippen LogP contribution is -2.29. The normalized spacial score (nSPS) is 11.2. The van der Waals surface area contributed by atoms with Gasteiger partial charge in [0, 0.05) is 37.8 Å². The molecule has 1 heterocycles. The van der Waals surface area contributed by atoms with Gasteiger partial charge in [-0.05, 0) is 25.1 Å². The minimum absolute atomic E-state index is 0.617. The summed E-state index contributed by atoms with van der Waals surface area (Å²) in [6.45, 7) is 6.43. The molecule has 0 spiro atoms. The van der Waals surface area contributed by atoms with Crippen LogP contribution in [0.2, 0.25) is 5.02 Å². The average molecular weight is 353 g/mol. The lowest BCUT2D eigenvalue weighted by Gasteiger charge is -2.20. The monoisotopic (exact) mass is 352 g/mol. The summed E-state index contributed by atoms with van der Waals surface area (Å²) in [5.41, 5.74) is 0.800. The van der Waals surface area contributed by atoms with Crippen LogP contribution in [0.3, 0.4) is 0 Å². The maximum absolute atomic E-state index is 6.21. The van der Waals surface area contributed by atoms with Crippen molar-refractivity contribution in [2.24, 2.45) is 0 Å². The molecule has 0 radical (unpaired) electrons. The number of nitrogens with zero attached hydrogens (tertiary/aromatic N) is 2. The van der Waals surface area contributed by atoms with Gasteiger partial charge in [-0.1, -0.05) is 18.5 Å². The van der Waals surface area contributed by atoms with Crippen molar-refractivity contribution in [1.29, 1.82) is 0 Å². The zero-order valence-corrected chi connectivity index (χ0v) is 15.3. The lowest BCUT2D eigenvalue weighted by molar-refractivity contribution is 0.145. The fourth-order valence-electron chi connectivity index (χ4n) is 2.51. The minimum Gasteiger partial charge on any atom is -0.493 e. The second-order valence-electron chi connectivity index (χ2n) is 5.44. The van der Waals surface area contributed by atoms with Crippen molar-refractivity contribution in [1.82, 2.24) is 9.88 Å². The van der Waals surface area contributed by atoms with Crippen LogP contribution < -0.4 is 9.47 Å². The third kappa shape index (κ3) is 4.97. The van der Waals surface area contributed by atoms with E-state index in [0.29, 0.717) is 23.1 Å². The highest BCUT2D eigenvalue weighted by Crippen LogP contribution is 2.34. The predicted molar refractivity (Wildman–Crippen MR) is 97.4 cm³/mol. The van der Waals surface area contributed by atoms with Gasteiger partial charge in [0.25, 0.3) is 0 Å². The number of benzene rings is 1. The van der Waals surface area contributed by atoms with Gasteiger partial charge in [0.05, 0.1) is 30.9 Å². The highest BCUT2D eigenvalue weighted by molar-refractivity contribution is 6.35. The molecule has 5 nitrogen and oxygen atoms in total. The third-order valence-electron chi connectivity index (χ3n) is 3.91. The number of likely N-dealkylation sites (N-methyl/N-ethyl adjacent to an activating group) is 1. The van der Waals surface area contributed by atoms with E-state index in [4.69, 9.17) is 25.8 Å². The quantitative estimate of drug-likeness (QED) is 0.611. The first-order valence-corrected chi connectivity index (χ1v) is 8.53. The number of halogens is 1. The van der Waals surface area contributed by atoms with Crippen molar-refractivity contribution in [2.75, 3.05) is 47.1 Å². The molecular formula is C18H25ClN2O3. The van der Waals surface area contributed by atoms with Crippen LogP contribution in [0.5, 0.6) is 11.5 Å². The highest BCUT2D eigenvalue weighted by atomic mass is 35.5. The topological polar surface area (TPSA) is 43.8 Å². The van der Waals surface area contributed by atoms with Gasteiger partial charge in [-0.3, -0.25) is 4.98 Å². The molecule has 0 saturated heterocycles. The zero-order chi connectivity index (χ0) is 17.4. The van der Waals surface area contributed by atoms with Gasteiger partial charge in [-0.15, -0.1) is 0 Å². The molecule has 0 N–H and O–H groups in total. The van der Waals surface area contributed by atoms with Crippen LogP contribution in [0, 0.1) is 0 Å². The van der Waals surface area contributed by atoms with E-state index in [1.807, 2.05) is 12.1 Å². The van der Waals surface area contributed by atoms with Crippen LogP contribution in [-0.4, -0.2) is 57.0 Å². The third-order valence-corrected chi connectivity index (χ3v) is 4.24. The van der Waals surface area contributed by atoms with E-state index in [1.54, 1.807) is 26.5 Å². The number of hydrogen-bond acceptors (Lipinski definition) is 5. The molecule has 6 heteroatoms. The minimum atomic E-state index is 0.617. The standard InChI is InChI=1S/C18H25ClN2O3/c1-4-21(9-11-22-2)8-5-10-24-18-13-16-14(12-17(18)23-3)15(19)6-7-20-16/h6-7,12-13H,4-5,8-11H2,1-3H3. The molecule has 2 aromatic rings. The summed E-state index contributed by atoms with van der Waals surface area (Å²) in [5, 5.41) is 1.52. The summed E-state index contributed by atoms with van der Waals surface area (Å²) in [6, 6.07) is 5.52. The average Bonchev–Trinajstić information content (AvgIpc) is 2.61. The number of methoxy groups -OCH3 is 2. The van der Waals surface area contributed by atoms with Crippen LogP contribution in [0.25, 0.3) is 10.9 Å². The van der Waals surface area contributed by atoms with E-state index in [-0.39, 0.29) is 0 Å². The zero-order valence-electron chi connectivity index (χ0n) is 14.5. The molecule has 0 bridgehead atoms. The Morgan fingerprint density at radius 1 is 1.12 bits per heavy atom. The van der Waals surface area contributed by atoms with Gasteiger partial charge < -0.3 is 19.1 Å². The molecular weight excluding hydrogens is 328 g/mol. The van der Waals surface area contributed by atoms with E-state index in [1.165, 1.54) is 0 Å². The van der Waals surface area contributed by atoms with E-state index < -0.39 is 0 Å². The van der Waals surface area contributed by atoms with Crippen molar-refractivity contribution in [3.63, 3.8) is 0 Å². The molecule has 24 heavy (non-hydrogen) atoms. The SMILES string of the molecule is CCN(CCCOc1cc2nccc(Cl)c2cc1OC)CCOC. The summed E-state index contributed by atoms with van der Waals surface area (Å²) in [7, 11) is 3.35. The van der Waals surface area contributed by atoms with Gasteiger partial charge in [-0.25, -0.2) is 0 Å². The molecule has 0 fully saturated rings. The Morgan fingerprint density at radius 2 is 1.96 bits per heavy atom. The molecule has 0 amide bonds. The Labute approximate surface area is 148 Å². The second-order valence-corrected chi connectivity index (χ2v) is 5.85. The van der Waals surface area contributed by atoms with Crippen molar-refractivity contribution < 1.29 is 14.2 Å². The predicted octanol–water partition coefficient (Wildman–Crippen LogP) is 3.63. The second kappa shape index (κ2) is 9.67. The Kier molecular flexibility index (Phi) is 7.56. The number of ether oxygens (including phenoxy) is 3. The van der Waals surface area contributed by atoms with Crippen LogP contribution >= 0.6 is 11.6 Å². The van der Waals surface area contributed by atoms with Gasteiger partial charge in [-0.2, -0.15) is 0 Å². The maximum Gasteiger partial charge on any atom is 0.163 e. The van der Waals surface area contributed by atoms with Crippen molar-refractivity contribution in [3.8, 4) is 11.5 Å². The highest BCUT2D eigenvalue weighted by Gasteiger charge is 2.10. The summed E-state index contributed by atoms with van der Waals surface area (Å²) in [4.78, 5) is 6.68. The van der Waals surface area contributed by atoms with Gasteiger partial charge >= 0.3 is 0 Å². The number of hydrogen-bond donors (Lipinski definition) is 0. The summed E-state index contributed by atoms with van der Waals surface area (Å²) >= 11 is 6.21. The molecule has 1 aromatic carbocycles. The first-order chi connectivity index (χ1) is 11.7. The first kappa shape index (κ1) is 18.8. The molecule has 0 atom stereocenters. The van der Waals surface area contributed by atoms with Crippen LogP contribution in [0.4, 0.5) is 0 Å². The van der Waals surface area contributed by atoms with Crippen molar-refractivity contribution in [3.05, 3.63) is 29.4 Å². The van der Waals surface area contributed by atoms with Crippen molar-refractivity contribution >= 4 is 22.5 Å². The number of fused-ring (bicyclic) bond motifs is 1. The maximum atomic E-state index is 6.21. The summed E-state index contributed by atoms with van der Waals surface area (Å²) < 4.78 is 16.5. The van der Waals surface area contributed by atoms with Gasteiger partial charge in [0.15, 0.2) is 11.5 Å². The van der Waals surface area contributed by atoms with Crippen molar-refractivity contribution in [2.45, 2.75) is 13.3 Å².